The van der Waals surface area contributed by atoms with Crippen molar-refractivity contribution in [2.24, 2.45) is 5.92 Å². The first-order valence-electron chi connectivity index (χ1n) is 11.7. The van der Waals surface area contributed by atoms with E-state index in [9.17, 15) is 14.7 Å². The fraction of sp³-hybridized carbons (Fsp3) is 0.407. The van der Waals surface area contributed by atoms with Crippen molar-refractivity contribution in [1.82, 2.24) is 4.90 Å². The molecule has 3 aromatic rings. The van der Waals surface area contributed by atoms with Gasteiger partial charge in [-0.25, -0.2) is 0 Å². The van der Waals surface area contributed by atoms with E-state index >= 15 is 0 Å². The molecular weight excluding hydrogens is 434 g/mol. The second kappa shape index (κ2) is 9.89. The Balaban J connectivity index is 1.82. The van der Waals surface area contributed by atoms with E-state index < -0.39 is 6.04 Å². The van der Waals surface area contributed by atoms with E-state index in [0.717, 1.165) is 17.5 Å². The van der Waals surface area contributed by atoms with Crippen molar-refractivity contribution < 1.29 is 23.8 Å². The van der Waals surface area contributed by atoms with Crippen LogP contribution in [0.5, 0.6) is 11.5 Å². The number of nitrogens with zero attached hydrogens (tertiary/aromatic N) is 1. The summed E-state index contributed by atoms with van der Waals surface area (Å²) in [7, 11) is 1.57. The molecule has 1 unspecified atom stereocenters. The van der Waals surface area contributed by atoms with E-state index in [0.29, 0.717) is 47.0 Å². The van der Waals surface area contributed by atoms with Crippen LogP contribution in [0.1, 0.15) is 60.0 Å². The number of aliphatic hydroxyl groups is 1. The molecule has 4 rings (SSSR count). The number of hydrogen-bond acceptors (Lipinski definition) is 6. The Morgan fingerprint density at radius 1 is 1.12 bits per heavy atom. The zero-order valence-electron chi connectivity index (χ0n) is 20.1. The van der Waals surface area contributed by atoms with E-state index in [2.05, 4.69) is 13.8 Å². The molecule has 7 nitrogen and oxygen atoms in total. The minimum atomic E-state index is -0.645. The zero-order valence-corrected chi connectivity index (χ0v) is 20.1. The number of methoxy groups -OCH3 is 1. The summed E-state index contributed by atoms with van der Waals surface area (Å²) < 4.78 is 17.5. The molecule has 1 N–H and O–H groups in total. The summed E-state index contributed by atoms with van der Waals surface area (Å²) in [5.41, 5.74) is 2.13. The van der Waals surface area contributed by atoms with E-state index in [-0.39, 0.29) is 30.2 Å². The summed E-state index contributed by atoms with van der Waals surface area (Å²) in [5.74, 6) is 1.36. The zero-order chi connectivity index (χ0) is 24.4. The van der Waals surface area contributed by atoms with Crippen LogP contribution in [0.15, 0.2) is 45.6 Å². The molecule has 1 aliphatic rings. The molecule has 1 aromatic heterocycles. The molecule has 1 atom stereocenters. The number of ether oxygens (including phenoxy) is 2. The highest BCUT2D eigenvalue weighted by Gasteiger charge is 2.42. The maximum atomic E-state index is 13.6. The predicted octanol–water partition coefficient (Wildman–Crippen LogP) is 4.46. The second-order valence-corrected chi connectivity index (χ2v) is 9.09. The molecule has 0 fully saturated rings. The molecule has 2 heterocycles. The summed E-state index contributed by atoms with van der Waals surface area (Å²) in [6.07, 6.45) is 1.30. The van der Waals surface area contributed by atoms with Crippen LogP contribution in [0.4, 0.5) is 0 Å². The smallest absolute Gasteiger partial charge is 0.290 e. The van der Waals surface area contributed by atoms with Gasteiger partial charge < -0.3 is 23.9 Å². The predicted molar refractivity (Wildman–Crippen MR) is 130 cm³/mol. The van der Waals surface area contributed by atoms with E-state index in [1.807, 2.05) is 31.2 Å². The maximum Gasteiger partial charge on any atom is 0.290 e. The van der Waals surface area contributed by atoms with Crippen molar-refractivity contribution in [1.29, 1.82) is 0 Å². The van der Waals surface area contributed by atoms with Gasteiger partial charge in [0.25, 0.3) is 5.91 Å². The Morgan fingerprint density at radius 2 is 1.91 bits per heavy atom. The first kappa shape index (κ1) is 23.8. The van der Waals surface area contributed by atoms with Crippen molar-refractivity contribution in [3.63, 3.8) is 0 Å². The van der Waals surface area contributed by atoms with Crippen LogP contribution in [-0.2, 0) is 0 Å². The Bertz CT molecular complexity index is 1260. The molecular formula is C27H31NO6. The molecule has 34 heavy (non-hydrogen) atoms. The lowest BCUT2D eigenvalue weighted by Crippen LogP contribution is -2.31. The van der Waals surface area contributed by atoms with E-state index in [1.54, 1.807) is 24.1 Å². The largest absolute Gasteiger partial charge is 0.493 e. The lowest BCUT2D eigenvalue weighted by atomic mass is 9.97. The van der Waals surface area contributed by atoms with Crippen LogP contribution in [0.25, 0.3) is 11.0 Å². The van der Waals surface area contributed by atoms with Gasteiger partial charge in [0.15, 0.2) is 16.9 Å². The highest BCUT2D eigenvalue weighted by molar-refractivity contribution is 5.99. The van der Waals surface area contributed by atoms with Gasteiger partial charge >= 0.3 is 0 Å². The molecule has 1 aliphatic heterocycles. The first-order valence-corrected chi connectivity index (χ1v) is 11.7. The summed E-state index contributed by atoms with van der Waals surface area (Å²) in [6, 6.07) is 10.2. The third kappa shape index (κ3) is 4.40. The van der Waals surface area contributed by atoms with Gasteiger partial charge in [-0.3, -0.25) is 9.59 Å². The third-order valence-electron chi connectivity index (χ3n) is 6.13. The minimum Gasteiger partial charge on any atom is -0.493 e. The number of rotatable bonds is 9. The number of aliphatic hydroxyl groups excluding tert-OH is 1. The van der Waals surface area contributed by atoms with Gasteiger partial charge in [-0.1, -0.05) is 31.5 Å². The minimum absolute atomic E-state index is 0.0560. The van der Waals surface area contributed by atoms with Crippen LogP contribution >= 0.6 is 0 Å². The van der Waals surface area contributed by atoms with Crippen LogP contribution in [0.3, 0.4) is 0 Å². The van der Waals surface area contributed by atoms with Gasteiger partial charge in [0.1, 0.15) is 5.58 Å². The Labute approximate surface area is 198 Å². The van der Waals surface area contributed by atoms with Crippen molar-refractivity contribution >= 4 is 16.9 Å². The van der Waals surface area contributed by atoms with Crippen LogP contribution in [0, 0.1) is 12.8 Å². The van der Waals surface area contributed by atoms with Crippen molar-refractivity contribution in [3.05, 3.63) is 69.1 Å². The molecule has 0 bridgehead atoms. The number of benzene rings is 2. The van der Waals surface area contributed by atoms with Gasteiger partial charge in [-0.15, -0.1) is 0 Å². The molecule has 180 valence electrons. The number of hydrogen-bond donors (Lipinski definition) is 1. The maximum absolute atomic E-state index is 13.6. The first-order chi connectivity index (χ1) is 16.3. The Morgan fingerprint density at radius 3 is 2.62 bits per heavy atom. The fourth-order valence-electron chi connectivity index (χ4n) is 4.33. The average molecular weight is 466 g/mol. The lowest BCUT2D eigenvalue weighted by molar-refractivity contribution is 0.0716. The number of amides is 1. The highest BCUT2D eigenvalue weighted by atomic mass is 16.5. The molecule has 0 radical (unpaired) electrons. The van der Waals surface area contributed by atoms with Crippen molar-refractivity contribution in [3.8, 4) is 11.5 Å². The summed E-state index contributed by atoms with van der Waals surface area (Å²) in [4.78, 5) is 28.5. The standard InChI is InChI=1S/C27H31NO6/c1-16(2)10-13-33-21-9-7-18(15-22(21)32-4)24-23-25(30)19-14-17(3)6-8-20(19)34-26(23)27(31)28(24)11-5-12-29/h6-9,14-16,24,29H,5,10-13H2,1-4H3. The third-order valence-corrected chi connectivity index (χ3v) is 6.13. The summed E-state index contributed by atoms with van der Waals surface area (Å²) in [6.45, 7) is 6.96. The lowest BCUT2D eigenvalue weighted by Gasteiger charge is -2.25. The monoisotopic (exact) mass is 465 g/mol. The van der Waals surface area contributed by atoms with Gasteiger partial charge in [-0.05, 0) is 55.5 Å². The van der Waals surface area contributed by atoms with Gasteiger partial charge in [0, 0.05) is 13.2 Å². The van der Waals surface area contributed by atoms with Crippen molar-refractivity contribution in [2.45, 2.75) is 39.7 Å². The normalized spacial score (nSPS) is 15.3. The molecule has 2 aromatic carbocycles. The second-order valence-electron chi connectivity index (χ2n) is 9.09. The fourth-order valence-corrected chi connectivity index (χ4v) is 4.33. The number of carbonyl (C=O) groups excluding carboxylic acids is 1. The van der Waals surface area contributed by atoms with Gasteiger partial charge in [0.2, 0.25) is 5.76 Å². The molecule has 0 saturated carbocycles. The van der Waals surface area contributed by atoms with Gasteiger partial charge in [0.05, 0.1) is 30.7 Å². The van der Waals surface area contributed by atoms with Crippen LogP contribution in [0.2, 0.25) is 0 Å². The molecule has 7 heteroatoms. The number of aryl methyl sites for hydroxylation is 1. The molecule has 0 spiro atoms. The SMILES string of the molecule is COc1cc(C2c3c(oc4ccc(C)cc4c3=O)C(=O)N2CCCO)ccc1OCCC(C)C. The Kier molecular flexibility index (Phi) is 6.93. The Hall–Kier alpha value is -3.32. The molecule has 0 saturated heterocycles. The summed E-state index contributed by atoms with van der Waals surface area (Å²) in [5, 5.41) is 9.85. The molecule has 0 aliphatic carbocycles. The van der Waals surface area contributed by atoms with E-state index in [1.165, 1.54) is 0 Å². The molecule has 1 amide bonds. The topological polar surface area (TPSA) is 89.2 Å². The van der Waals surface area contributed by atoms with E-state index in [4.69, 9.17) is 13.9 Å². The quantitative estimate of drug-likeness (QED) is 0.502. The average Bonchev–Trinajstić information content (AvgIpc) is 3.10. The van der Waals surface area contributed by atoms with Crippen LogP contribution < -0.4 is 14.9 Å². The number of fused-ring (bicyclic) bond motifs is 2. The van der Waals surface area contributed by atoms with Crippen LogP contribution in [-0.4, -0.2) is 42.8 Å². The highest BCUT2D eigenvalue weighted by Crippen LogP contribution is 2.41. The number of carbonyl (C=O) groups is 1. The van der Waals surface area contributed by atoms with Crippen molar-refractivity contribution in [2.75, 3.05) is 26.9 Å². The van der Waals surface area contributed by atoms with Gasteiger partial charge in [-0.2, -0.15) is 0 Å². The summed E-state index contributed by atoms with van der Waals surface area (Å²) >= 11 is 0.